The SMILES string of the molecule is COc1cc(C)c2nc3n[nH]c(C)c3c(N3CCN(C(N)=O)[C@@H](C)C3)c2c1. The number of hydrogen-bond donors (Lipinski definition) is 2. The van der Waals surface area contributed by atoms with Crippen molar-refractivity contribution < 1.29 is 9.53 Å². The Hall–Kier alpha value is -3.03. The summed E-state index contributed by atoms with van der Waals surface area (Å²) in [5.41, 5.74) is 10.2. The Labute approximate surface area is 157 Å². The molecular weight excluding hydrogens is 344 g/mol. The van der Waals surface area contributed by atoms with E-state index in [1.165, 1.54) is 0 Å². The third kappa shape index (κ3) is 2.72. The average Bonchev–Trinajstić information content (AvgIpc) is 3.00. The Bertz CT molecular complexity index is 1040. The number of anilines is 1. The number of fused-ring (bicyclic) bond motifs is 2. The predicted molar refractivity (Wildman–Crippen MR) is 105 cm³/mol. The van der Waals surface area contributed by atoms with Gasteiger partial charge in [0, 0.05) is 36.8 Å². The topological polar surface area (TPSA) is 100 Å². The summed E-state index contributed by atoms with van der Waals surface area (Å²) in [5, 5.41) is 9.49. The lowest BCUT2D eigenvalue weighted by atomic mass is 10.0. The molecule has 0 radical (unpaired) electrons. The molecule has 3 aromatic rings. The number of hydrogen-bond acceptors (Lipinski definition) is 5. The minimum atomic E-state index is -0.371. The van der Waals surface area contributed by atoms with Gasteiger partial charge in [-0.2, -0.15) is 5.10 Å². The number of pyridine rings is 1. The second kappa shape index (κ2) is 6.29. The molecular formula is C19H24N6O2. The van der Waals surface area contributed by atoms with Crippen LogP contribution >= 0.6 is 0 Å². The van der Waals surface area contributed by atoms with Gasteiger partial charge in [-0.25, -0.2) is 9.78 Å². The number of H-pyrrole nitrogens is 1. The van der Waals surface area contributed by atoms with E-state index in [-0.39, 0.29) is 12.1 Å². The summed E-state index contributed by atoms with van der Waals surface area (Å²) in [5.74, 6) is 0.798. The Kier molecular flexibility index (Phi) is 4.05. The maximum atomic E-state index is 11.7. The van der Waals surface area contributed by atoms with Crippen LogP contribution in [0.1, 0.15) is 18.2 Å². The molecule has 142 valence electrons. The summed E-state index contributed by atoms with van der Waals surface area (Å²) in [4.78, 5) is 20.5. The van der Waals surface area contributed by atoms with Crippen molar-refractivity contribution in [1.29, 1.82) is 0 Å². The van der Waals surface area contributed by atoms with E-state index in [4.69, 9.17) is 15.5 Å². The molecule has 1 fully saturated rings. The van der Waals surface area contributed by atoms with E-state index in [9.17, 15) is 4.79 Å². The van der Waals surface area contributed by atoms with Gasteiger partial charge in [0.15, 0.2) is 5.65 Å². The zero-order chi connectivity index (χ0) is 19.3. The number of urea groups is 1. The second-order valence-corrected chi connectivity index (χ2v) is 7.17. The van der Waals surface area contributed by atoms with Crippen molar-refractivity contribution in [2.45, 2.75) is 26.8 Å². The van der Waals surface area contributed by atoms with E-state index in [1.807, 2.05) is 32.9 Å². The fourth-order valence-corrected chi connectivity index (χ4v) is 4.03. The molecule has 2 aromatic heterocycles. The summed E-state index contributed by atoms with van der Waals surface area (Å²) in [7, 11) is 1.67. The first kappa shape index (κ1) is 17.4. The van der Waals surface area contributed by atoms with Gasteiger partial charge in [-0.3, -0.25) is 5.10 Å². The standard InChI is InChI=1S/C19H24N6O2/c1-10-7-13(27-4)8-14-16(10)21-18-15(12(3)22-23-18)17(14)24-5-6-25(19(20)26)11(2)9-24/h7-8,11H,5-6,9H2,1-4H3,(H2,20,26)(H,21,22,23)/t11-/m0/s1. The third-order valence-corrected chi connectivity index (χ3v) is 5.37. The number of nitrogens with two attached hydrogens (primary N) is 1. The number of amides is 2. The van der Waals surface area contributed by atoms with Crippen LogP contribution < -0.4 is 15.4 Å². The molecule has 4 rings (SSSR count). The number of piperazine rings is 1. The summed E-state index contributed by atoms with van der Waals surface area (Å²) < 4.78 is 5.50. The molecule has 8 heteroatoms. The first-order valence-electron chi connectivity index (χ1n) is 9.04. The number of carbonyl (C=O) groups is 1. The van der Waals surface area contributed by atoms with Crippen molar-refractivity contribution in [1.82, 2.24) is 20.1 Å². The molecule has 27 heavy (non-hydrogen) atoms. The maximum absolute atomic E-state index is 11.7. The van der Waals surface area contributed by atoms with E-state index in [2.05, 4.69) is 15.1 Å². The van der Waals surface area contributed by atoms with E-state index in [0.29, 0.717) is 25.3 Å². The quantitative estimate of drug-likeness (QED) is 0.723. The largest absolute Gasteiger partial charge is 0.497 e. The number of aromatic amines is 1. The Morgan fingerprint density at radius 2 is 2.11 bits per heavy atom. The van der Waals surface area contributed by atoms with Gasteiger partial charge in [-0.05, 0) is 38.5 Å². The maximum Gasteiger partial charge on any atom is 0.315 e. The molecule has 0 spiro atoms. The number of primary amides is 1. The molecule has 0 saturated carbocycles. The molecule has 1 aromatic carbocycles. The first-order chi connectivity index (χ1) is 12.9. The number of methoxy groups -OCH3 is 1. The van der Waals surface area contributed by atoms with Gasteiger partial charge in [0.1, 0.15) is 5.75 Å². The van der Waals surface area contributed by atoms with Crippen LogP contribution in [-0.2, 0) is 0 Å². The number of carbonyl (C=O) groups excluding carboxylic acids is 1. The molecule has 0 unspecified atom stereocenters. The highest BCUT2D eigenvalue weighted by Crippen LogP contribution is 2.38. The second-order valence-electron chi connectivity index (χ2n) is 7.17. The van der Waals surface area contributed by atoms with Crippen molar-refractivity contribution in [2.24, 2.45) is 5.73 Å². The van der Waals surface area contributed by atoms with Crippen LogP contribution in [-0.4, -0.2) is 58.9 Å². The van der Waals surface area contributed by atoms with Crippen molar-refractivity contribution in [2.75, 3.05) is 31.6 Å². The van der Waals surface area contributed by atoms with Crippen molar-refractivity contribution in [3.63, 3.8) is 0 Å². The lowest BCUT2D eigenvalue weighted by Gasteiger charge is -2.40. The molecule has 8 nitrogen and oxygen atoms in total. The summed E-state index contributed by atoms with van der Waals surface area (Å²) in [6, 6.07) is 3.66. The number of ether oxygens (including phenoxy) is 1. The number of rotatable bonds is 2. The van der Waals surface area contributed by atoms with E-state index < -0.39 is 0 Å². The average molecular weight is 368 g/mol. The van der Waals surface area contributed by atoms with Crippen LogP contribution in [0.4, 0.5) is 10.5 Å². The lowest BCUT2D eigenvalue weighted by Crippen LogP contribution is -2.55. The Morgan fingerprint density at radius 1 is 1.33 bits per heavy atom. The minimum Gasteiger partial charge on any atom is -0.497 e. The first-order valence-corrected chi connectivity index (χ1v) is 9.04. The fraction of sp³-hybridized carbons (Fsp3) is 0.421. The molecule has 1 aliphatic heterocycles. The highest BCUT2D eigenvalue weighted by atomic mass is 16.5. The lowest BCUT2D eigenvalue weighted by molar-refractivity contribution is 0.181. The monoisotopic (exact) mass is 368 g/mol. The van der Waals surface area contributed by atoms with Gasteiger partial charge in [-0.1, -0.05) is 0 Å². The van der Waals surface area contributed by atoms with Crippen LogP contribution in [0.5, 0.6) is 5.75 Å². The van der Waals surface area contributed by atoms with Crippen LogP contribution in [0.25, 0.3) is 21.9 Å². The van der Waals surface area contributed by atoms with Gasteiger partial charge >= 0.3 is 6.03 Å². The van der Waals surface area contributed by atoms with Crippen molar-refractivity contribution in [3.05, 3.63) is 23.4 Å². The summed E-state index contributed by atoms with van der Waals surface area (Å²) >= 11 is 0. The van der Waals surface area contributed by atoms with Crippen LogP contribution in [0.15, 0.2) is 12.1 Å². The minimum absolute atomic E-state index is 0.0217. The van der Waals surface area contributed by atoms with E-state index in [1.54, 1.807) is 12.0 Å². The Balaban J connectivity index is 1.95. The summed E-state index contributed by atoms with van der Waals surface area (Å²) in [6.07, 6.45) is 0. The van der Waals surface area contributed by atoms with E-state index >= 15 is 0 Å². The zero-order valence-corrected chi connectivity index (χ0v) is 16.0. The smallest absolute Gasteiger partial charge is 0.315 e. The number of nitrogens with zero attached hydrogens (tertiary/aromatic N) is 4. The highest BCUT2D eigenvalue weighted by Gasteiger charge is 2.29. The van der Waals surface area contributed by atoms with Crippen LogP contribution in [0, 0.1) is 13.8 Å². The van der Waals surface area contributed by atoms with Gasteiger partial charge in [0.05, 0.1) is 23.7 Å². The molecule has 1 aliphatic rings. The molecule has 1 atom stereocenters. The number of aromatic nitrogens is 3. The van der Waals surface area contributed by atoms with Crippen LogP contribution in [0.3, 0.4) is 0 Å². The number of nitrogens with one attached hydrogen (secondary N) is 1. The van der Waals surface area contributed by atoms with Gasteiger partial charge in [0.2, 0.25) is 0 Å². The van der Waals surface area contributed by atoms with E-state index in [0.717, 1.165) is 39.0 Å². The third-order valence-electron chi connectivity index (χ3n) is 5.37. The molecule has 3 heterocycles. The zero-order valence-electron chi connectivity index (χ0n) is 16.0. The molecule has 1 saturated heterocycles. The van der Waals surface area contributed by atoms with Gasteiger partial charge < -0.3 is 20.3 Å². The number of aryl methyl sites for hydroxylation is 2. The van der Waals surface area contributed by atoms with Crippen molar-refractivity contribution in [3.8, 4) is 5.75 Å². The Morgan fingerprint density at radius 3 is 2.78 bits per heavy atom. The van der Waals surface area contributed by atoms with Gasteiger partial charge in [-0.15, -0.1) is 0 Å². The fourth-order valence-electron chi connectivity index (χ4n) is 4.03. The number of benzene rings is 1. The predicted octanol–water partition coefficient (Wildman–Crippen LogP) is 2.33. The highest BCUT2D eigenvalue weighted by molar-refractivity contribution is 6.09. The van der Waals surface area contributed by atoms with Crippen molar-refractivity contribution >= 4 is 33.7 Å². The van der Waals surface area contributed by atoms with Gasteiger partial charge in [0.25, 0.3) is 0 Å². The molecule has 3 N–H and O–H groups in total. The molecule has 0 bridgehead atoms. The molecule has 2 amide bonds. The summed E-state index contributed by atoms with van der Waals surface area (Å²) in [6.45, 7) is 8.02. The molecule has 0 aliphatic carbocycles. The van der Waals surface area contributed by atoms with Crippen LogP contribution in [0.2, 0.25) is 0 Å². The normalized spacial score (nSPS) is 17.7.